The van der Waals surface area contributed by atoms with E-state index in [1.807, 2.05) is 0 Å². The Balaban J connectivity index is 4.33. The Hall–Kier alpha value is -2.66. The molecule has 0 aromatic heterocycles. The van der Waals surface area contributed by atoms with Gasteiger partial charge in [-0.2, -0.15) is 0 Å². The fourth-order valence-electron chi connectivity index (χ4n) is 8.37. The normalized spacial score (nSPS) is 12.7. The maximum Gasteiger partial charge on any atom is 0.306 e. The van der Waals surface area contributed by atoms with Crippen molar-refractivity contribution >= 4 is 11.9 Å². The molecule has 1 unspecified atom stereocenters. The SMILES string of the molecule is CC/C=C\C/C=C\C/C=C\C/C=C\C/C=C\CCCC(=O)OC(COCCCCCCCC/C=C\CCCCCCCC)COC(=O)CCCCCCCCCCCCCCCCCCCCC. The van der Waals surface area contributed by atoms with Crippen LogP contribution in [0.25, 0.3) is 0 Å². The molecule has 0 fully saturated rings. The lowest BCUT2D eigenvalue weighted by atomic mass is 10.0. The molecule has 1 atom stereocenters. The van der Waals surface area contributed by atoms with Crippen molar-refractivity contribution in [3.05, 3.63) is 72.9 Å². The molecule has 0 aliphatic carbocycles. The van der Waals surface area contributed by atoms with Crippen LogP contribution in [0.15, 0.2) is 72.9 Å². The summed E-state index contributed by atoms with van der Waals surface area (Å²) < 4.78 is 17.4. The second-order valence-corrected chi connectivity index (χ2v) is 19.5. The molecule has 0 rings (SSSR count). The van der Waals surface area contributed by atoms with Gasteiger partial charge in [-0.1, -0.05) is 267 Å². The number of carbonyl (C=O) groups excluding carboxylic acids is 2. The summed E-state index contributed by atoms with van der Waals surface area (Å²) in [5.74, 6) is -0.456. The van der Waals surface area contributed by atoms with Crippen molar-refractivity contribution in [1.29, 1.82) is 0 Å². The lowest BCUT2D eigenvalue weighted by molar-refractivity contribution is -0.162. The zero-order chi connectivity index (χ0) is 49.2. The number of unbranched alkanes of at least 4 members (excludes halogenated alkanes) is 31. The van der Waals surface area contributed by atoms with E-state index >= 15 is 0 Å². The topological polar surface area (TPSA) is 61.8 Å². The average Bonchev–Trinajstić information content (AvgIpc) is 3.34. The summed E-state index contributed by atoms with van der Waals surface area (Å²) in [5.41, 5.74) is 0. The predicted molar refractivity (Wildman–Crippen MR) is 297 cm³/mol. The zero-order valence-corrected chi connectivity index (χ0v) is 45.4. The molecule has 0 saturated heterocycles. The summed E-state index contributed by atoms with van der Waals surface area (Å²) >= 11 is 0. The lowest BCUT2D eigenvalue weighted by Gasteiger charge is -2.18. The van der Waals surface area contributed by atoms with Gasteiger partial charge in [0.15, 0.2) is 6.10 Å². The van der Waals surface area contributed by atoms with Gasteiger partial charge < -0.3 is 14.2 Å². The number of esters is 2. The van der Waals surface area contributed by atoms with Crippen LogP contribution in [0.3, 0.4) is 0 Å². The van der Waals surface area contributed by atoms with E-state index in [-0.39, 0.29) is 25.2 Å². The zero-order valence-electron chi connectivity index (χ0n) is 45.4. The third-order valence-electron chi connectivity index (χ3n) is 12.7. The Bertz CT molecular complexity index is 1210. The van der Waals surface area contributed by atoms with Gasteiger partial charge in [0, 0.05) is 19.4 Å². The van der Waals surface area contributed by atoms with Gasteiger partial charge in [-0.3, -0.25) is 9.59 Å². The van der Waals surface area contributed by atoms with Crippen LogP contribution < -0.4 is 0 Å². The molecule has 5 heteroatoms. The van der Waals surface area contributed by atoms with E-state index in [1.165, 1.54) is 186 Å². The van der Waals surface area contributed by atoms with Gasteiger partial charge in [-0.15, -0.1) is 0 Å². The van der Waals surface area contributed by atoms with E-state index in [1.54, 1.807) is 0 Å². The lowest BCUT2D eigenvalue weighted by Crippen LogP contribution is -2.30. The van der Waals surface area contributed by atoms with E-state index in [0.717, 1.165) is 70.6 Å². The third-order valence-corrected chi connectivity index (χ3v) is 12.7. The molecule has 0 N–H and O–H groups in total. The molecule has 0 aromatic rings. The molecule has 68 heavy (non-hydrogen) atoms. The maximum atomic E-state index is 12.8. The number of rotatable bonds is 54. The van der Waals surface area contributed by atoms with E-state index in [9.17, 15) is 9.59 Å². The quantitative estimate of drug-likeness (QED) is 0.0345. The summed E-state index contributed by atoms with van der Waals surface area (Å²) in [6, 6.07) is 0. The first-order chi connectivity index (χ1) is 33.6. The number of carbonyl (C=O) groups is 2. The fourth-order valence-corrected chi connectivity index (χ4v) is 8.37. The maximum absolute atomic E-state index is 12.8. The average molecular weight is 950 g/mol. The van der Waals surface area contributed by atoms with Crippen molar-refractivity contribution in [3.8, 4) is 0 Å². The number of hydrogen-bond acceptors (Lipinski definition) is 5. The molecule has 0 bridgehead atoms. The van der Waals surface area contributed by atoms with E-state index in [2.05, 4.69) is 93.7 Å². The second-order valence-electron chi connectivity index (χ2n) is 19.5. The Morgan fingerprint density at radius 1 is 0.338 bits per heavy atom. The highest BCUT2D eigenvalue weighted by Crippen LogP contribution is 2.16. The molecule has 5 nitrogen and oxygen atoms in total. The Morgan fingerprint density at radius 3 is 1.12 bits per heavy atom. The van der Waals surface area contributed by atoms with Gasteiger partial charge in [-0.25, -0.2) is 0 Å². The summed E-state index contributed by atoms with van der Waals surface area (Å²) in [4.78, 5) is 25.5. The summed E-state index contributed by atoms with van der Waals surface area (Å²) in [7, 11) is 0. The van der Waals surface area contributed by atoms with Crippen molar-refractivity contribution < 1.29 is 23.8 Å². The van der Waals surface area contributed by atoms with Crippen LogP contribution in [-0.4, -0.2) is 37.9 Å². The molecule has 394 valence electrons. The largest absolute Gasteiger partial charge is 0.462 e. The molecule has 0 saturated carbocycles. The minimum Gasteiger partial charge on any atom is -0.462 e. The molecule has 0 radical (unpaired) electrons. The number of allylic oxidation sites excluding steroid dienone is 12. The summed E-state index contributed by atoms with van der Waals surface area (Å²) in [5, 5.41) is 0. The van der Waals surface area contributed by atoms with E-state index in [0.29, 0.717) is 19.4 Å². The van der Waals surface area contributed by atoms with Crippen molar-refractivity contribution in [2.45, 2.75) is 297 Å². The van der Waals surface area contributed by atoms with Crippen molar-refractivity contribution in [2.24, 2.45) is 0 Å². The highest BCUT2D eigenvalue weighted by atomic mass is 16.6. The summed E-state index contributed by atoms with van der Waals surface area (Å²) in [6.45, 7) is 7.68. The van der Waals surface area contributed by atoms with Crippen LogP contribution in [0.5, 0.6) is 0 Å². The van der Waals surface area contributed by atoms with E-state index < -0.39 is 6.10 Å². The van der Waals surface area contributed by atoms with Crippen molar-refractivity contribution in [2.75, 3.05) is 19.8 Å². The fraction of sp³-hybridized carbons (Fsp3) is 0.778. The molecule has 0 amide bonds. The Kier molecular flexibility index (Phi) is 56.4. The van der Waals surface area contributed by atoms with Crippen molar-refractivity contribution in [3.63, 3.8) is 0 Å². The molecule has 0 aliphatic heterocycles. The first-order valence-corrected chi connectivity index (χ1v) is 29.5. The predicted octanol–water partition coefficient (Wildman–Crippen LogP) is 20.2. The van der Waals surface area contributed by atoms with Crippen LogP contribution >= 0.6 is 0 Å². The highest BCUT2D eigenvalue weighted by molar-refractivity contribution is 5.70. The van der Waals surface area contributed by atoms with Crippen LogP contribution in [0.4, 0.5) is 0 Å². The minimum absolute atomic E-state index is 0.0614. The number of ether oxygens (including phenoxy) is 3. The molecule has 0 spiro atoms. The standard InChI is InChI=1S/C63H112O5/c1-4-7-10-13-16-19-22-25-28-31-32-34-35-38-41-44-47-50-53-56-62(64)67-60-61(59-66-58-55-52-49-46-43-40-37-30-27-24-21-18-15-12-9-6-3)68-63(65)57-54-51-48-45-42-39-36-33-29-26-23-20-17-14-11-8-5-2/h8,11,17,20,26-27,29-30,36,39,45,48,61H,4-7,9-10,12-16,18-19,21-25,28,31-35,37-38,40-44,46-47,49-60H2,1-3H3/b11-8-,20-17-,29-26-,30-27-,39-36-,48-45-. The van der Waals surface area contributed by atoms with Crippen LogP contribution in [0.2, 0.25) is 0 Å². The Morgan fingerprint density at radius 2 is 0.676 bits per heavy atom. The summed E-state index contributed by atoms with van der Waals surface area (Å²) in [6.07, 6.45) is 76.5. The second kappa shape index (κ2) is 58.7. The van der Waals surface area contributed by atoms with E-state index in [4.69, 9.17) is 14.2 Å². The molecule has 0 aliphatic rings. The first kappa shape index (κ1) is 65.3. The molecular weight excluding hydrogens is 837 g/mol. The molecule has 0 heterocycles. The molecule has 0 aromatic carbocycles. The van der Waals surface area contributed by atoms with Gasteiger partial charge >= 0.3 is 11.9 Å². The van der Waals surface area contributed by atoms with Crippen LogP contribution in [0.1, 0.15) is 290 Å². The minimum atomic E-state index is -0.570. The van der Waals surface area contributed by atoms with Gasteiger partial charge in [0.25, 0.3) is 0 Å². The van der Waals surface area contributed by atoms with Crippen LogP contribution in [-0.2, 0) is 23.8 Å². The smallest absolute Gasteiger partial charge is 0.306 e. The molecular formula is C63H112O5. The van der Waals surface area contributed by atoms with Gasteiger partial charge in [0.2, 0.25) is 0 Å². The van der Waals surface area contributed by atoms with Crippen molar-refractivity contribution in [1.82, 2.24) is 0 Å². The Labute approximate surface area is 423 Å². The number of hydrogen-bond donors (Lipinski definition) is 0. The van der Waals surface area contributed by atoms with Gasteiger partial charge in [0.05, 0.1) is 6.61 Å². The highest BCUT2D eigenvalue weighted by Gasteiger charge is 2.17. The monoisotopic (exact) mass is 949 g/mol. The first-order valence-electron chi connectivity index (χ1n) is 29.5. The van der Waals surface area contributed by atoms with Gasteiger partial charge in [-0.05, 0) is 83.5 Å². The van der Waals surface area contributed by atoms with Gasteiger partial charge in [0.1, 0.15) is 6.61 Å². The van der Waals surface area contributed by atoms with Crippen LogP contribution in [0, 0.1) is 0 Å². The third kappa shape index (κ3) is 55.9.